The Morgan fingerprint density at radius 3 is 2.00 bits per heavy atom. The second kappa shape index (κ2) is 7.84. The second-order valence-corrected chi connectivity index (χ2v) is 6.09. The highest BCUT2D eigenvalue weighted by atomic mass is 32.2. The summed E-state index contributed by atoms with van der Waals surface area (Å²) in [6, 6.07) is 25.5. The fourth-order valence-electron chi connectivity index (χ4n) is 2.09. The summed E-state index contributed by atoms with van der Waals surface area (Å²) in [5.41, 5.74) is 2.58. The van der Waals surface area contributed by atoms with E-state index in [0.717, 1.165) is 4.31 Å². The largest absolute Gasteiger partial charge is 0.760 e. The molecule has 22 heavy (non-hydrogen) atoms. The molecule has 0 aliphatic rings. The van der Waals surface area contributed by atoms with Crippen molar-refractivity contribution >= 4 is 22.0 Å². The maximum absolute atomic E-state index is 9.62. The van der Waals surface area contributed by atoms with Crippen LogP contribution in [0.25, 0.3) is 21.9 Å². The summed E-state index contributed by atoms with van der Waals surface area (Å²) in [5.74, 6) is 0. The van der Waals surface area contributed by atoms with E-state index >= 15 is 0 Å². The minimum Gasteiger partial charge on any atom is -0.760 e. The molecule has 3 aromatic rings. The molecule has 0 amide bonds. The predicted octanol–water partition coefficient (Wildman–Crippen LogP) is 3.85. The van der Waals surface area contributed by atoms with Gasteiger partial charge < -0.3 is 4.55 Å². The molecule has 0 aliphatic carbocycles. The van der Waals surface area contributed by atoms with E-state index in [2.05, 4.69) is 72.8 Å². The average molecular weight is 312 g/mol. The average Bonchev–Trinajstić information content (AvgIpc) is 2.55. The van der Waals surface area contributed by atoms with Crippen LogP contribution in [-0.4, -0.2) is 27.2 Å². The standard InChI is InChI=1S/C16H12.C2H7NO2S/c1-2-7-13(8-3-1)16-12-6-10-14-9-4-5-11-15(14)16;1-3(2)6(4)5/h1-12H;1-2H3,(H,4,5)/p-1. The van der Waals surface area contributed by atoms with E-state index < -0.39 is 11.3 Å². The van der Waals surface area contributed by atoms with Crippen LogP contribution in [0.3, 0.4) is 0 Å². The van der Waals surface area contributed by atoms with Gasteiger partial charge in [0.15, 0.2) is 0 Å². The minimum absolute atomic E-state index is 1.08. The van der Waals surface area contributed by atoms with Gasteiger partial charge in [-0.1, -0.05) is 72.8 Å². The first-order valence-corrected chi connectivity index (χ1v) is 7.92. The van der Waals surface area contributed by atoms with Crippen molar-refractivity contribution in [1.82, 2.24) is 4.31 Å². The molecule has 0 fully saturated rings. The van der Waals surface area contributed by atoms with Crippen molar-refractivity contribution < 1.29 is 8.76 Å². The van der Waals surface area contributed by atoms with Crippen molar-refractivity contribution in [3.8, 4) is 11.1 Å². The van der Waals surface area contributed by atoms with E-state index in [0.29, 0.717) is 0 Å². The van der Waals surface area contributed by atoms with Gasteiger partial charge in [0.25, 0.3) is 0 Å². The lowest BCUT2D eigenvalue weighted by atomic mass is 9.98. The number of nitrogens with zero attached hydrogens (tertiary/aromatic N) is 1. The Bertz CT molecular complexity index is 752. The van der Waals surface area contributed by atoms with Gasteiger partial charge in [0.2, 0.25) is 0 Å². The normalized spacial score (nSPS) is 11.8. The van der Waals surface area contributed by atoms with Gasteiger partial charge in [-0.15, -0.1) is 0 Å². The fourth-order valence-corrected chi connectivity index (χ4v) is 2.09. The predicted molar refractivity (Wildman–Crippen MR) is 92.0 cm³/mol. The van der Waals surface area contributed by atoms with E-state index in [4.69, 9.17) is 0 Å². The number of hydrogen-bond donors (Lipinski definition) is 0. The van der Waals surface area contributed by atoms with E-state index in [1.54, 1.807) is 0 Å². The molecule has 0 saturated heterocycles. The highest BCUT2D eigenvalue weighted by Gasteiger charge is 2.01. The van der Waals surface area contributed by atoms with Crippen LogP contribution < -0.4 is 0 Å². The summed E-state index contributed by atoms with van der Waals surface area (Å²) in [4.78, 5) is 0. The molecular weight excluding hydrogens is 294 g/mol. The zero-order chi connectivity index (χ0) is 15.9. The van der Waals surface area contributed by atoms with Crippen LogP contribution in [-0.2, 0) is 11.3 Å². The number of hydrogen-bond acceptors (Lipinski definition) is 2. The van der Waals surface area contributed by atoms with Gasteiger partial charge in [-0.3, -0.25) is 4.21 Å². The Morgan fingerprint density at radius 1 is 0.818 bits per heavy atom. The Morgan fingerprint density at radius 2 is 1.36 bits per heavy atom. The lowest BCUT2D eigenvalue weighted by Gasteiger charge is -2.10. The van der Waals surface area contributed by atoms with Gasteiger partial charge in [-0.25, -0.2) is 4.31 Å². The molecular formula is C18H18NO2S-. The smallest absolute Gasteiger partial charge is 0.0203 e. The molecule has 0 spiro atoms. The van der Waals surface area contributed by atoms with Crippen molar-refractivity contribution in [1.29, 1.82) is 0 Å². The third kappa shape index (κ3) is 4.24. The van der Waals surface area contributed by atoms with Gasteiger partial charge >= 0.3 is 0 Å². The van der Waals surface area contributed by atoms with Crippen LogP contribution in [0.4, 0.5) is 0 Å². The van der Waals surface area contributed by atoms with Crippen LogP contribution in [0, 0.1) is 0 Å². The molecule has 4 heteroatoms. The van der Waals surface area contributed by atoms with Crippen LogP contribution >= 0.6 is 0 Å². The van der Waals surface area contributed by atoms with Crippen molar-refractivity contribution in [2.75, 3.05) is 14.1 Å². The molecule has 1 atom stereocenters. The van der Waals surface area contributed by atoms with Crippen molar-refractivity contribution in [2.45, 2.75) is 0 Å². The van der Waals surface area contributed by atoms with Crippen LogP contribution in [0.1, 0.15) is 0 Å². The maximum atomic E-state index is 9.62. The summed E-state index contributed by atoms with van der Waals surface area (Å²) in [7, 11) is 2.92. The fraction of sp³-hybridized carbons (Fsp3) is 0.111. The summed E-state index contributed by atoms with van der Waals surface area (Å²) >= 11 is -2.03. The quantitative estimate of drug-likeness (QED) is 0.675. The SMILES string of the molecule is CN(C)S(=O)[O-].c1ccc(-c2cccc3ccccc23)cc1. The first-order chi connectivity index (χ1) is 10.6. The Balaban J connectivity index is 0.000000254. The topological polar surface area (TPSA) is 43.4 Å². The van der Waals surface area contributed by atoms with E-state index in [9.17, 15) is 8.76 Å². The van der Waals surface area contributed by atoms with Crippen molar-refractivity contribution in [3.05, 3.63) is 72.8 Å². The number of fused-ring (bicyclic) bond motifs is 1. The van der Waals surface area contributed by atoms with E-state index in [1.165, 1.54) is 36.0 Å². The highest BCUT2D eigenvalue weighted by molar-refractivity contribution is 7.76. The molecule has 0 aliphatic heterocycles. The van der Waals surface area contributed by atoms with Gasteiger partial charge in [-0.2, -0.15) is 0 Å². The molecule has 3 rings (SSSR count). The molecule has 0 heterocycles. The molecule has 0 bridgehead atoms. The van der Waals surface area contributed by atoms with Crippen LogP contribution in [0.2, 0.25) is 0 Å². The lowest BCUT2D eigenvalue weighted by molar-refractivity contribution is 0.470. The lowest BCUT2D eigenvalue weighted by Crippen LogP contribution is -2.13. The summed E-state index contributed by atoms with van der Waals surface area (Å²) in [6.45, 7) is 0. The van der Waals surface area contributed by atoms with Crippen molar-refractivity contribution in [2.24, 2.45) is 0 Å². The molecule has 0 saturated carbocycles. The van der Waals surface area contributed by atoms with Crippen LogP contribution in [0.5, 0.6) is 0 Å². The third-order valence-corrected chi connectivity index (χ3v) is 3.77. The zero-order valence-electron chi connectivity index (χ0n) is 12.6. The third-order valence-electron chi connectivity index (χ3n) is 3.17. The monoisotopic (exact) mass is 312 g/mol. The van der Waals surface area contributed by atoms with Crippen molar-refractivity contribution in [3.63, 3.8) is 0 Å². The van der Waals surface area contributed by atoms with Gasteiger partial charge in [0.1, 0.15) is 0 Å². The first kappa shape index (κ1) is 16.4. The summed E-state index contributed by atoms with van der Waals surface area (Å²) in [5, 5.41) is 2.61. The van der Waals surface area contributed by atoms with Gasteiger partial charge in [-0.05, 0) is 36.0 Å². The molecule has 3 aromatic carbocycles. The van der Waals surface area contributed by atoms with E-state index in [1.807, 2.05) is 0 Å². The molecule has 0 radical (unpaired) electrons. The Kier molecular flexibility index (Phi) is 5.83. The summed E-state index contributed by atoms with van der Waals surface area (Å²) in [6.07, 6.45) is 0. The number of benzene rings is 3. The zero-order valence-corrected chi connectivity index (χ0v) is 13.4. The Hall–Kier alpha value is -2.01. The van der Waals surface area contributed by atoms with E-state index in [-0.39, 0.29) is 0 Å². The molecule has 0 N–H and O–H groups in total. The van der Waals surface area contributed by atoms with Gasteiger partial charge in [0.05, 0.1) is 0 Å². The first-order valence-electron chi connectivity index (χ1n) is 6.89. The minimum atomic E-state index is -2.03. The second-order valence-electron chi connectivity index (χ2n) is 4.92. The maximum Gasteiger partial charge on any atom is 0.0203 e. The molecule has 3 nitrogen and oxygen atoms in total. The van der Waals surface area contributed by atoms with Crippen LogP contribution in [0.15, 0.2) is 72.8 Å². The molecule has 1 unspecified atom stereocenters. The van der Waals surface area contributed by atoms with Gasteiger partial charge in [0, 0.05) is 11.3 Å². The number of rotatable bonds is 2. The Labute approximate surface area is 133 Å². The molecule has 0 aromatic heterocycles. The highest BCUT2D eigenvalue weighted by Crippen LogP contribution is 2.27. The molecule has 114 valence electrons. The summed E-state index contributed by atoms with van der Waals surface area (Å²) < 4.78 is 20.3.